The van der Waals surface area contributed by atoms with Gasteiger partial charge in [0.25, 0.3) is 0 Å². The number of hydrogen-bond acceptors (Lipinski definition) is 4. The fourth-order valence-corrected chi connectivity index (χ4v) is 3.37. The third-order valence-electron chi connectivity index (χ3n) is 5.18. The molecule has 0 bridgehead atoms. The van der Waals surface area contributed by atoms with Gasteiger partial charge in [-0.15, -0.1) is 0 Å². The Labute approximate surface area is 172 Å². The molecule has 6 nitrogen and oxygen atoms in total. The SMILES string of the molecule is Cc1ccc(CNC(=O)C(=O)NCC(c2ccc(C)cc2)N2CCOCC2)cc1. The summed E-state index contributed by atoms with van der Waals surface area (Å²) in [6, 6.07) is 16.2. The van der Waals surface area contributed by atoms with Gasteiger partial charge in [-0.2, -0.15) is 0 Å². The van der Waals surface area contributed by atoms with Crippen LogP contribution in [0, 0.1) is 13.8 Å². The normalized spacial score (nSPS) is 15.5. The van der Waals surface area contributed by atoms with Crippen LogP contribution in [-0.2, 0) is 20.9 Å². The number of hydrogen-bond donors (Lipinski definition) is 2. The first kappa shape index (κ1) is 21.0. The van der Waals surface area contributed by atoms with Gasteiger partial charge in [-0.05, 0) is 25.0 Å². The fraction of sp³-hybridized carbons (Fsp3) is 0.391. The first-order valence-corrected chi connectivity index (χ1v) is 10.0. The van der Waals surface area contributed by atoms with Crippen molar-refractivity contribution in [3.05, 3.63) is 70.8 Å². The van der Waals surface area contributed by atoms with E-state index in [4.69, 9.17) is 4.74 Å². The van der Waals surface area contributed by atoms with Crippen molar-refractivity contribution in [3.8, 4) is 0 Å². The predicted octanol–water partition coefficient (Wildman–Crippen LogP) is 2.11. The molecule has 0 saturated carbocycles. The van der Waals surface area contributed by atoms with Crippen molar-refractivity contribution in [3.63, 3.8) is 0 Å². The summed E-state index contributed by atoms with van der Waals surface area (Å²) in [7, 11) is 0. The van der Waals surface area contributed by atoms with Gasteiger partial charge >= 0.3 is 11.8 Å². The molecule has 0 aliphatic carbocycles. The molecule has 1 fully saturated rings. The molecule has 6 heteroatoms. The van der Waals surface area contributed by atoms with Crippen molar-refractivity contribution in [2.45, 2.75) is 26.4 Å². The molecular formula is C23H29N3O3. The molecule has 1 unspecified atom stereocenters. The number of carbonyl (C=O) groups excluding carboxylic acids is 2. The van der Waals surface area contributed by atoms with E-state index < -0.39 is 11.8 Å². The van der Waals surface area contributed by atoms with Crippen LogP contribution in [0.15, 0.2) is 48.5 Å². The number of nitrogens with zero attached hydrogens (tertiary/aromatic N) is 1. The van der Waals surface area contributed by atoms with Crippen LogP contribution < -0.4 is 10.6 Å². The maximum atomic E-state index is 12.3. The summed E-state index contributed by atoms with van der Waals surface area (Å²) in [4.78, 5) is 26.8. The third-order valence-corrected chi connectivity index (χ3v) is 5.18. The second-order valence-corrected chi connectivity index (χ2v) is 7.45. The molecule has 1 aliphatic rings. The van der Waals surface area contributed by atoms with Crippen LogP contribution in [0.3, 0.4) is 0 Å². The summed E-state index contributed by atoms with van der Waals surface area (Å²) in [5.74, 6) is -1.22. The highest BCUT2D eigenvalue weighted by Crippen LogP contribution is 2.21. The van der Waals surface area contributed by atoms with Crippen molar-refractivity contribution in [2.75, 3.05) is 32.8 Å². The number of carbonyl (C=O) groups is 2. The Hall–Kier alpha value is -2.70. The van der Waals surface area contributed by atoms with E-state index in [0.717, 1.165) is 29.8 Å². The summed E-state index contributed by atoms with van der Waals surface area (Å²) in [6.45, 7) is 7.71. The van der Waals surface area contributed by atoms with E-state index in [1.165, 1.54) is 5.56 Å². The van der Waals surface area contributed by atoms with Gasteiger partial charge in [-0.1, -0.05) is 59.7 Å². The van der Waals surface area contributed by atoms with E-state index in [1.807, 2.05) is 38.1 Å². The zero-order valence-electron chi connectivity index (χ0n) is 17.1. The minimum atomic E-state index is -0.616. The lowest BCUT2D eigenvalue weighted by molar-refractivity contribution is -0.139. The van der Waals surface area contributed by atoms with Crippen LogP contribution >= 0.6 is 0 Å². The molecule has 2 aromatic rings. The predicted molar refractivity (Wildman–Crippen MR) is 112 cm³/mol. The van der Waals surface area contributed by atoms with E-state index in [9.17, 15) is 9.59 Å². The lowest BCUT2D eigenvalue weighted by Gasteiger charge is -2.35. The highest BCUT2D eigenvalue weighted by atomic mass is 16.5. The Morgan fingerprint density at radius 3 is 2.07 bits per heavy atom. The molecule has 2 amide bonds. The summed E-state index contributed by atoms with van der Waals surface area (Å²) in [5, 5.41) is 5.49. The summed E-state index contributed by atoms with van der Waals surface area (Å²) >= 11 is 0. The Bertz CT molecular complexity index is 812. The molecule has 0 radical (unpaired) electrons. The molecule has 0 aromatic heterocycles. The van der Waals surface area contributed by atoms with Crippen LogP contribution in [0.1, 0.15) is 28.3 Å². The third kappa shape index (κ3) is 6.14. The van der Waals surface area contributed by atoms with Crippen LogP contribution in [0.4, 0.5) is 0 Å². The second kappa shape index (κ2) is 10.2. The monoisotopic (exact) mass is 395 g/mol. The molecule has 154 valence electrons. The van der Waals surface area contributed by atoms with E-state index in [-0.39, 0.29) is 6.04 Å². The van der Waals surface area contributed by atoms with Crippen LogP contribution in [0.5, 0.6) is 0 Å². The van der Waals surface area contributed by atoms with Crippen LogP contribution in [-0.4, -0.2) is 49.6 Å². The Morgan fingerprint density at radius 2 is 1.45 bits per heavy atom. The molecule has 1 atom stereocenters. The van der Waals surface area contributed by atoms with E-state index in [2.05, 4.69) is 39.8 Å². The molecule has 2 N–H and O–H groups in total. The zero-order valence-corrected chi connectivity index (χ0v) is 17.1. The lowest BCUT2D eigenvalue weighted by Crippen LogP contribution is -2.46. The molecule has 2 aromatic carbocycles. The van der Waals surface area contributed by atoms with Crippen LogP contribution in [0.25, 0.3) is 0 Å². The average molecular weight is 396 g/mol. The standard InChI is InChI=1S/C23H29N3O3/c1-17-3-7-19(8-4-17)15-24-22(27)23(28)25-16-21(26-11-13-29-14-12-26)20-9-5-18(2)6-10-20/h3-10,21H,11-16H2,1-2H3,(H,24,27)(H,25,28). The molecule has 29 heavy (non-hydrogen) atoms. The maximum Gasteiger partial charge on any atom is 0.309 e. The number of amides is 2. The number of aryl methyl sites for hydroxylation is 2. The minimum absolute atomic E-state index is 0.00773. The first-order valence-electron chi connectivity index (χ1n) is 10.0. The second-order valence-electron chi connectivity index (χ2n) is 7.45. The lowest BCUT2D eigenvalue weighted by atomic mass is 10.0. The molecule has 1 saturated heterocycles. The minimum Gasteiger partial charge on any atom is -0.379 e. The Balaban J connectivity index is 1.57. The molecular weight excluding hydrogens is 366 g/mol. The van der Waals surface area contributed by atoms with Crippen molar-refractivity contribution < 1.29 is 14.3 Å². The largest absolute Gasteiger partial charge is 0.379 e. The number of morpholine rings is 1. The topological polar surface area (TPSA) is 70.7 Å². The number of benzene rings is 2. The van der Waals surface area contributed by atoms with Gasteiger partial charge in [0.2, 0.25) is 0 Å². The van der Waals surface area contributed by atoms with Gasteiger partial charge in [0.05, 0.1) is 19.3 Å². The smallest absolute Gasteiger partial charge is 0.309 e. The van der Waals surface area contributed by atoms with Gasteiger partial charge in [-0.3, -0.25) is 14.5 Å². The molecule has 1 aliphatic heterocycles. The van der Waals surface area contributed by atoms with Gasteiger partial charge in [0.1, 0.15) is 0 Å². The van der Waals surface area contributed by atoms with E-state index >= 15 is 0 Å². The van der Waals surface area contributed by atoms with Gasteiger partial charge < -0.3 is 15.4 Å². The van der Waals surface area contributed by atoms with E-state index in [0.29, 0.717) is 26.3 Å². The quantitative estimate of drug-likeness (QED) is 0.735. The fourth-order valence-electron chi connectivity index (χ4n) is 3.37. The van der Waals surface area contributed by atoms with Crippen molar-refractivity contribution >= 4 is 11.8 Å². The van der Waals surface area contributed by atoms with Crippen molar-refractivity contribution in [1.29, 1.82) is 0 Å². The summed E-state index contributed by atoms with van der Waals surface area (Å²) < 4.78 is 5.46. The molecule has 0 spiro atoms. The zero-order chi connectivity index (χ0) is 20.6. The average Bonchev–Trinajstić information content (AvgIpc) is 2.75. The van der Waals surface area contributed by atoms with Gasteiger partial charge in [0.15, 0.2) is 0 Å². The number of ether oxygens (including phenoxy) is 1. The van der Waals surface area contributed by atoms with E-state index in [1.54, 1.807) is 0 Å². The van der Waals surface area contributed by atoms with Crippen LogP contribution in [0.2, 0.25) is 0 Å². The number of nitrogens with one attached hydrogen (secondary N) is 2. The van der Waals surface area contributed by atoms with Gasteiger partial charge in [0, 0.05) is 26.2 Å². The maximum absolute atomic E-state index is 12.3. The highest BCUT2D eigenvalue weighted by Gasteiger charge is 2.24. The highest BCUT2D eigenvalue weighted by molar-refractivity contribution is 6.35. The van der Waals surface area contributed by atoms with Crippen molar-refractivity contribution in [2.24, 2.45) is 0 Å². The summed E-state index contributed by atoms with van der Waals surface area (Å²) in [6.07, 6.45) is 0. The van der Waals surface area contributed by atoms with Gasteiger partial charge in [-0.25, -0.2) is 0 Å². The Kier molecular flexibility index (Phi) is 7.38. The summed E-state index contributed by atoms with van der Waals surface area (Å²) in [5.41, 5.74) is 4.43. The molecule has 3 rings (SSSR count). The molecule has 1 heterocycles. The van der Waals surface area contributed by atoms with Crippen molar-refractivity contribution in [1.82, 2.24) is 15.5 Å². The first-order chi connectivity index (χ1) is 14.0. The number of rotatable bonds is 6. The Morgan fingerprint density at radius 1 is 0.897 bits per heavy atom.